The molecule has 0 N–H and O–H groups in total. The van der Waals surface area contributed by atoms with E-state index in [4.69, 9.17) is 0 Å². The molecule has 0 unspecified atom stereocenters. The van der Waals surface area contributed by atoms with Crippen LogP contribution in [0, 0.1) is 21.4 Å². The fraction of sp³-hybridized carbons (Fsp3) is 0.400. The van der Waals surface area contributed by atoms with Crippen LogP contribution >= 0.6 is 11.8 Å². The van der Waals surface area contributed by atoms with Crippen LogP contribution < -0.4 is 0 Å². The molecule has 0 fully saturated rings. The lowest BCUT2D eigenvalue weighted by atomic mass is 10.1. The molecule has 0 aliphatic heterocycles. The van der Waals surface area contributed by atoms with Crippen LogP contribution in [0.2, 0.25) is 0 Å². The summed E-state index contributed by atoms with van der Waals surface area (Å²) in [7, 11) is 0. The van der Waals surface area contributed by atoms with Crippen molar-refractivity contribution >= 4 is 17.4 Å². The van der Waals surface area contributed by atoms with Crippen LogP contribution in [0.5, 0.6) is 0 Å². The number of nitro benzene ring substituents is 1. The van der Waals surface area contributed by atoms with Gasteiger partial charge in [-0.25, -0.2) is 0 Å². The summed E-state index contributed by atoms with van der Waals surface area (Å²) in [6, 6.07) is 8.82. The zero-order valence-electron chi connectivity index (χ0n) is 11.8. The lowest BCUT2D eigenvalue weighted by molar-refractivity contribution is -0.385. The van der Waals surface area contributed by atoms with Gasteiger partial charge in [0, 0.05) is 27.5 Å². The number of hydrogen-bond donors (Lipinski definition) is 0. The second kappa shape index (κ2) is 8.39. The smallest absolute Gasteiger partial charge is 0.258 e. The van der Waals surface area contributed by atoms with E-state index in [2.05, 4.69) is 13.0 Å². The van der Waals surface area contributed by atoms with Crippen molar-refractivity contribution in [1.82, 2.24) is 0 Å². The average Bonchev–Trinajstić information content (AvgIpc) is 2.44. The van der Waals surface area contributed by atoms with Crippen LogP contribution in [0.25, 0.3) is 0 Å². The molecule has 0 spiro atoms. The Bertz CT molecular complexity index is 547. The molecule has 4 nitrogen and oxygen atoms in total. The van der Waals surface area contributed by atoms with Crippen LogP contribution in [-0.4, -0.2) is 4.92 Å². The number of allylic oxidation sites excluding steroid dienone is 2. The average molecular weight is 290 g/mol. The van der Waals surface area contributed by atoms with Gasteiger partial charge in [-0.1, -0.05) is 44.5 Å². The van der Waals surface area contributed by atoms with E-state index >= 15 is 0 Å². The molecule has 0 saturated heterocycles. The van der Waals surface area contributed by atoms with Gasteiger partial charge < -0.3 is 0 Å². The molecule has 0 heterocycles. The lowest BCUT2D eigenvalue weighted by Crippen LogP contribution is -1.90. The van der Waals surface area contributed by atoms with E-state index in [0.29, 0.717) is 0 Å². The van der Waals surface area contributed by atoms with Crippen LogP contribution in [0.4, 0.5) is 5.69 Å². The summed E-state index contributed by atoms with van der Waals surface area (Å²) < 4.78 is 0. The van der Waals surface area contributed by atoms with Crippen molar-refractivity contribution in [1.29, 1.82) is 5.26 Å². The van der Waals surface area contributed by atoms with Crippen LogP contribution in [0.15, 0.2) is 39.6 Å². The second-order valence-corrected chi connectivity index (χ2v) is 5.54. The molecule has 1 rings (SSSR count). The van der Waals surface area contributed by atoms with Gasteiger partial charge in [0.1, 0.15) is 0 Å². The Morgan fingerprint density at radius 3 is 2.60 bits per heavy atom. The lowest BCUT2D eigenvalue weighted by Gasteiger charge is -2.09. The summed E-state index contributed by atoms with van der Waals surface area (Å²) in [6.45, 7) is 4.11. The molecule has 106 valence electrons. The number of non-ortho nitro benzene ring substituents is 1. The molecule has 0 aliphatic carbocycles. The zero-order valence-corrected chi connectivity index (χ0v) is 12.6. The normalized spacial score (nSPS) is 11.7. The monoisotopic (exact) mass is 290 g/mol. The maximum atomic E-state index is 10.8. The molecule has 0 saturated carbocycles. The van der Waals surface area contributed by atoms with E-state index in [1.165, 1.54) is 17.8 Å². The zero-order chi connectivity index (χ0) is 15.0. The molecular weight excluding hydrogens is 272 g/mol. The van der Waals surface area contributed by atoms with Gasteiger partial charge in [0.15, 0.2) is 0 Å². The number of nitrogens with zero attached hydrogens (tertiary/aromatic N) is 2. The standard InChI is InChI=1S/C15H18N2O2S/c1-3-6-12(11-16)15(7-4-2)20-14-9-5-8-13(10-14)17(18)19/h5,8-10H,3-4,6-7H2,1-2H3/b15-12+. The van der Waals surface area contributed by atoms with E-state index in [9.17, 15) is 15.4 Å². The molecule has 0 atom stereocenters. The molecule has 20 heavy (non-hydrogen) atoms. The summed E-state index contributed by atoms with van der Waals surface area (Å²) in [6.07, 6.45) is 3.46. The quantitative estimate of drug-likeness (QED) is 0.304. The largest absolute Gasteiger partial charge is 0.270 e. The van der Waals surface area contributed by atoms with Crippen molar-refractivity contribution in [2.75, 3.05) is 0 Å². The molecule has 1 aromatic rings. The fourth-order valence-electron chi connectivity index (χ4n) is 1.80. The van der Waals surface area contributed by atoms with Crippen LogP contribution in [0.3, 0.4) is 0 Å². The molecule has 0 aliphatic rings. The van der Waals surface area contributed by atoms with Gasteiger partial charge in [0.2, 0.25) is 0 Å². The highest BCUT2D eigenvalue weighted by Gasteiger charge is 2.11. The van der Waals surface area contributed by atoms with E-state index < -0.39 is 4.92 Å². The Balaban J connectivity index is 3.04. The van der Waals surface area contributed by atoms with E-state index in [-0.39, 0.29) is 5.69 Å². The van der Waals surface area contributed by atoms with Gasteiger partial charge >= 0.3 is 0 Å². The van der Waals surface area contributed by atoms with Crippen LogP contribution in [0.1, 0.15) is 39.5 Å². The number of benzene rings is 1. The van der Waals surface area contributed by atoms with Crippen molar-refractivity contribution in [2.24, 2.45) is 0 Å². The number of hydrogen-bond acceptors (Lipinski definition) is 4. The van der Waals surface area contributed by atoms with Gasteiger partial charge in [-0.2, -0.15) is 5.26 Å². The summed E-state index contributed by atoms with van der Waals surface area (Å²) in [5.41, 5.74) is 0.880. The number of nitriles is 1. The molecule has 1 aromatic carbocycles. The topological polar surface area (TPSA) is 66.9 Å². The first-order valence-electron chi connectivity index (χ1n) is 6.66. The first-order chi connectivity index (χ1) is 9.62. The van der Waals surface area contributed by atoms with Crippen molar-refractivity contribution in [3.05, 3.63) is 44.9 Å². The highest BCUT2D eigenvalue weighted by Crippen LogP contribution is 2.34. The predicted octanol–water partition coefficient (Wildman–Crippen LogP) is 5.06. The van der Waals surface area contributed by atoms with E-state index in [1.54, 1.807) is 12.1 Å². The maximum absolute atomic E-state index is 10.8. The Morgan fingerprint density at radius 1 is 1.35 bits per heavy atom. The van der Waals surface area contributed by atoms with Crippen molar-refractivity contribution in [2.45, 2.75) is 44.4 Å². The van der Waals surface area contributed by atoms with Gasteiger partial charge in [0.25, 0.3) is 5.69 Å². The van der Waals surface area contributed by atoms with Gasteiger partial charge in [-0.15, -0.1) is 0 Å². The molecular formula is C15H18N2O2S. The minimum atomic E-state index is -0.398. The van der Waals surface area contributed by atoms with E-state index in [0.717, 1.165) is 41.1 Å². The summed E-state index contributed by atoms with van der Waals surface area (Å²) in [5.74, 6) is 0. The minimum Gasteiger partial charge on any atom is -0.258 e. The highest BCUT2D eigenvalue weighted by atomic mass is 32.2. The van der Waals surface area contributed by atoms with Gasteiger partial charge in [-0.3, -0.25) is 10.1 Å². The summed E-state index contributed by atoms with van der Waals surface area (Å²) in [4.78, 5) is 12.2. The number of nitro groups is 1. The second-order valence-electron chi connectivity index (χ2n) is 4.37. The van der Waals surface area contributed by atoms with E-state index in [1.807, 2.05) is 13.0 Å². The molecule has 5 heteroatoms. The third-order valence-corrected chi connectivity index (χ3v) is 3.90. The Hall–Kier alpha value is -1.80. The molecule has 0 bridgehead atoms. The molecule has 0 aromatic heterocycles. The molecule has 0 amide bonds. The van der Waals surface area contributed by atoms with Crippen molar-refractivity contribution in [3.63, 3.8) is 0 Å². The summed E-state index contributed by atoms with van der Waals surface area (Å²) in [5, 5.41) is 20.0. The predicted molar refractivity (Wildman–Crippen MR) is 81.4 cm³/mol. The van der Waals surface area contributed by atoms with Crippen molar-refractivity contribution in [3.8, 4) is 6.07 Å². The summed E-state index contributed by atoms with van der Waals surface area (Å²) >= 11 is 1.47. The number of thioether (sulfide) groups is 1. The van der Waals surface area contributed by atoms with Crippen molar-refractivity contribution < 1.29 is 4.92 Å². The Morgan fingerprint density at radius 2 is 2.05 bits per heavy atom. The SMILES string of the molecule is CCC/C(C#N)=C(/CCC)Sc1cccc([N+](=O)[O-])c1. The number of rotatable bonds is 7. The minimum absolute atomic E-state index is 0.0832. The van der Waals surface area contributed by atoms with Gasteiger partial charge in [0.05, 0.1) is 11.0 Å². The third kappa shape index (κ3) is 4.71. The fourth-order valence-corrected chi connectivity index (χ4v) is 2.99. The molecule has 0 radical (unpaired) electrons. The third-order valence-electron chi connectivity index (χ3n) is 2.72. The van der Waals surface area contributed by atoms with Crippen LogP contribution in [-0.2, 0) is 0 Å². The highest BCUT2D eigenvalue weighted by molar-refractivity contribution is 8.03. The Kier molecular flexibility index (Phi) is 6.82. The first kappa shape index (κ1) is 16.3. The Labute approximate surface area is 123 Å². The maximum Gasteiger partial charge on any atom is 0.270 e. The first-order valence-corrected chi connectivity index (χ1v) is 7.48. The van der Waals surface area contributed by atoms with Gasteiger partial charge in [-0.05, 0) is 18.9 Å².